The zero-order valence-corrected chi connectivity index (χ0v) is 12.4. The van der Waals surface area contributed by atoms with Crippen molar-refractivity contribution in [3.8, 4) is 11.5 Å². The Morgan fingerprint density at radius 2 is 2.14 bits per heavy atom. The van der Waals surface area contributed by atoms with Crippen LogP contribution in [-0.2, 0) is 0 Å². The first-order valence-electron chi connectivity index (χ1n) is 6.49. The molecule has 1 aliphatic heterocycles. The summed E-state index contributed by atoms with van der Waals surface area (Å²) in [6.45, 7) is 2.02. The molecule has 0 atom stereocenters. The summed E-state index contributed by atoms with van der Waals surface area (Å²) in [5, 5.41) is 4.35. The minimum atomic E-state index is -0.347. The van der Waals surface area contributed by atoms with Gasteiger partial charge in [0, 0.05) is 23.5 Å². The van der Waals surface area contributed by atoms with Crippen LogP contribution in [0.1, 0.15) is 21.6 Å². The Balaban J connectivity index is 1.70. The molecule has 1 aromatic carbocycles. The fourth-order valence-corrected chi connectivity index (χ4v) is 2.06. The topological polar surface area (TPSA) is 72.8 Å². The predicted octanol–water partition coefficient (Wildman–Crippen LogP) is 2.54. The molecule has 1 amide bonds. The van der Waals surface area contributed by atoms with Gasteiger partial charge in [-0.3, -0.25) is 9.78 Å². The molecular formula is C15H12ClN3O3. The molecule has 2 aromatic rings. The van der Waals surface area contributed by atoms with E-state index in [0.29, 0.717) is 27.6 Å². The number of carbonyl (C=O) groups is 1. The molecule has 0 aliphatic carbocycles. The third-order valence-electron chi connectivity index (χ3n) is 3.04. The second kappa shape index (κ2) is 6.03. The Morgan fingerprint density at radius 3 is 2.86 bits per heavy atom. The van der Waals surface area contributed by atoms with Crippen LogP contribution in [0.2, 0.25) is 5.02 Å². The summed E-state index contributed by atoms with van der Waals surface area (Å²) in [7, 11) is 0. The number of nitrogens with zero attached hydrogens (tertiary/aromatic N) is 2. The minimum Gasteiger partial charge on any atom is -0.454 e. The number of benzene rings is 1. The van der Waals surface area contributed by atoms with Crippen LogP contribution in [-0.4, -0.2) is 23.9 Å². The number of ether oxygens (including phenoxy) is 2. The van der Waals surface area contributed by atoms with Gasteiger partial charge in [0.05, 0.1) is 16.8 Å². The van der Waals surface area contributed by atoms with E-state index < -0.39 is 0 Å². The molecule has 6 nitrogen and oxygen atoms in total. The van der Waals surface area contributed by atoms with E-state index in [2.05, 4.69) is 15.5 Å². The summed E-state index contributed by atoms with van der Waals surface area (Å²) in [5.74, 6) is 0.845. The third-order valence-corrected chi connectivity index (χ3v) is 3.36. The molecular weight excluding hydrogens is 306 g/mol. The molecule has 2 heterocycles. The van der Waals surface area contributed by atoms with Gasteiger partial charge in [-0.05, 0) is 25.1 Å². The van der Waals surface area contributed by atoms with Crippen LogP contribution < -0.4 is 14.9 Å². The zero-order valence-electron chi connectivity index (χ0n) is 11.7. The molecule has 7 heteroatoms. The molecule has 0 bridgehead atoms. The summed E-state index contributed by atoms with van der Waals surface area (Å²) >= 11 is 6.11. The molecule has 1 aliphatic rings. The number of pyridine rings is 1. The first-order chi connectivity index (χ1) is 10.6. The van der Waals surface area contributed by atoms with Crippen molar-refractivity contribution in [3.63, 3.8) is 0 Å². The van der Waals surface area contributed by atoms with Crippen molar-refractivity contribution < 1.29 is 14.3 Å². The highest BCUT2D eigenvalue weighted by Crippen LogP contribution is 2.36. The molecule has 0 fully saturated rings. The average molecular weight is 318 g/mol. The lowest BCUT2D eigenvalue weighted by molar-refractivity contribution is 0.0954. The molecule has 0 saturated carbocycles. The van der Waals surface area contributed by atoms with E-state index in [4.69, 9.17) is 21.1 Å². The highest BCUT2D eigenvalue weighted by molar-refractivity contribution is 6.33. The van der Waals surface area contributed by atoms with Gasteiger partial charge in [0.25, 0.3) is 5.91 Å². The van der Waals surface area contributed by atoms with Crippen molar-refractivity contribution in [2.24, 2.45) is 5.10 Å². The monoisotopic (exact) mass is 317 g/mol. The quantitative estimate of drug-likeness (QED) is 0.697. The molecule has 112 valence electrons. The van der Waals surface area contributed by atoms with E-state index in [1.165, 1.54) is 12.4 Å². The minimum absolute atomic E-state index is 0.170. The maximum absolute atomic E-state index is 11.9. The van der Waals surface area contributed by atoms with Gasteiger partial charge in [0.2, 0.25) is 6.79 Å². The van der Waals surface area contributed by atoms with Crippen LogP contribution in [0, 0.1) is 6.92 Å². The number of hydrogen-bond donors (Lipinski definition) is 1. The number of halogens is 1. The van der Waals surface area contributed by atoms with Crippen molar-refractivity contribution in [1.82, 2.24) is 10.4 Å². The maximum Gasteiger partial charge on any atom is 0.272 e. The van der Waals surface area contributed by atoms with Gasteiger partial charge in [-0.2, -0.15) is 5.10 Å². The van der Waals surface area contributed by atoms with E-state index in [1.54, 1.807) is 24.3 Å². The summed E-state index contributed by atoms with van der Waals surface area (Å²) in [6.07, 6.45) is 2.94. The molecule has 1 N–H and O–H groups in total. The van der Waals surface area contributed by atoms with E-state index in [0.717, 1.165) is 5.69 Å². The van der Waals surface area contributed by atoms with Gasteiger partial charge >= 0.3 is 0 Å². The van der Waals surface area contributed by atoms with Crippen molar-refractivity contribution in [3.05, 3.63) is 52.3 Å². The Hall–Kier alpha value is -2.60. The van der Waals surface area contributed by atoms with Crippen molar-refractivity contribution in [2.75, 3.05) is 6.79 Å². The molecule has 0 radical (unpaired) electrons. The summed E-state index contributed by atoms with van der Waals surface area (Å²) in [5.41, 5.74) is 4.31. The number of hydrogen-bond acceptors (Lipinski definition) is 5. The molecule has 22 heavy (non-hydrogen) atoms. The average Bonchev–Trinajstić information content (AvgIpc) is 2.95. The molecule has 1 aromatic heterocycles. The number of amides is 1. The van der Waals surface area contributed by atoms with E-state index in [9.17, 15) is 4.79 Å². The van der Waals surface area contributed by atoms with Crippen molar-refractivity contribution >= 4 is 23.7 Å². The number of aryl methyl sites for hydroxylation is 1. The van der Waals surface area contributed by atoms with Gasteiger partial charge < -0.3 is 9.47 Å². The third kappa shape index (κ3) is 3.01. The van der Waals surface area contributed by atoms with Crippen molar-refractivity contribution in [2.45, 2.75) is 6.92 Å². The maximum atomic E-state index is 11.9. The first kappa shape index (κ1) is 14.3. The SMILES string of the molecule is Cc1ccc(C(=O)N/N=C/c2cc3c(cc2Cl)OCO3)cn1. The normalized spacial score (nSPS) is 12.6. The lowest BCUT2D eigenvalue weighted by atomic mass is 10.2. The predicted molar refractivity (Wildman–Crippen MR) is 81.6 cm³/mol. The van der Waals surface area contributed by atoms with Crippen LogP contribution >= 0.6 is 11.6 Å². The lowest BCUT2D eigenvalue weighted by Gasteiger charge is -2.02. The number of nitrogens with one attached hydrogen (secondary N) is 1. The lowest BCUT2D eigenvalue weighted by Crippen LogP contribution is -2.17. The van der Waals surface area contributed by atoms with Crippen LogP contribution in [0.15, 0.2) is 35.6 Å². The molecule has 3 rings (SSSR count). The van der Waals surface area contributed by atoms with Gasteiger partial charge in [0.1, 0.15) is 0 Å². The number of hydrazone groups is 1. The Kier molecular flexibility index (Phi) is 3.93. The molecule has 0 saturated heterocycles. The summed E-state index contributed by atoms with van der Waals surface area (Å²) in [6, 6.07) is 6.79. The largest absolute Gasteiger partial charge is 0.454 e. The van der Waals surface area contributed by atoms with Crippen LogP contribution in [0.25, 0.3) is 0 Å². The number of aromatic nitrogens is 1. The van der Waals surface area contributed by atoms with Gasteiger partial charge in [0.15, 0.2) is 11.5 Å². The Morgan fingerprint density at radius 1 is 1.36 bits per heavy atom. The van der Waals surface area contributed by atoms with E-state index >= 15 is 0 Å². The fourth-order valence-electron chi connectivity index (χ4n) is 1.86. The standard InChI is InChI=1S/C15H12ClN3O3/c1-9-2-3-10(6-17-9)15(20)19-18-7-11-4-13-14(5-12(11)16)22-8-21-13/h2-7H,8H2,1H3,(H,19,20)/b18-7+. The number of carbonyl (C=O) groups excluding carboxylic acids is 1. The zero-order chi connectivity index (χ0) is 15.5. The fraction of sp³-hybridized carbons (Fsp3) is 0.133. The van der Waals surface area contributed by atoms with Gasteiger partial charge in [-0.15, -0.1) is 0 Å². The van der Waals surface area contributed by atoms with E-state index in [-0.39, 0.29) is 12.7 Å². The van der Waals surface area contributed by atoms with E-state index in [1.807, 2.05) is 6.92 Å². The first-order valence-corrected chi connectivity index (χ1v) is 6.86. The van der Waals surface area contributed by atoms with Crippen molar-refractivity contribution in [1.29, 1.82) is 0 Å². The highest BCUT2D eigenvalue weighted by atomic mass is 35.5. The van der Waals surface area contributed by atoms with Gasteiger partial charge in [-0.1, -0.05) is 11.6 Å². The van der Waals surface area contributed by atoms with Crippen LogP contribution in [0.5, 0.6) is 11.5 Å². The second-order valence-corrected chi connectivity index (χ2v) is 5.02. The van der Waals surface area contributed by atoms with Crippen LogP contribution in [0.3, 0.4) is 0 Å². The highest BCUT2D eigenvalue weighted by Gasteiger charge is 2.15. The summed E-state index contributed by atoms with van der Waals surface area (Å²) in [4.78, 5) is 15.9. The summed E-state index contributed by atoms with van der Waals surface area (Å²) < 4.78 is 10.5. The molecule has 0 spiro atoms. The Bertz CT molecular complexity index is 744. The Labute approximate surface area is 131 Å². The second-order valence-electron chi connectivity index (χ2n) is 4.61. The number of rotatable bonds is 3. The van der Waals surface area contributed by atoms with Gasteiger partial charge in [-0.25, -0.2) is 5.43 Å². The smallest absolute Gasteiger partial charge is 0.272 e. The molecule has 0 unspecified atom stereocenters. The number of fused-ring (bicyclic) bond motifs is 1. The van der Waals surface area contributed by atoms with Crippen LogP contribution in [0.4, 0.5) is 0 Å².